The Labute approximate surface area is 215 Å². The van der Waals surface area contributed by atoms with Gasteiger partial charge in [0, 0.05) is 0 Å². The number of hydrogen-bond acceptors (Lipinski definition) is 6. The number of imidazole rings is 1. The van der Waals surface area contributed by atoms with Crippen molar-refractivity contribution in [2.75, 3.05) is 4.90 Å². The number of hydrogen-bond donors (Lipinski definition) is 0. The normalized spacial score (nSPS) is 12.2. The molecule has 0 aliphatic heterocycles. The number of nitrogens with zero attached hydrogens (tertiary/aromatic N) is 5. The summed E-state index contributed by atoms with van der Waals surface area (Å²) >= 11 is 1.40. The molecule has 0 fully saturated rings. The molecule has 0 amide bonds. The number of para-hydroxylation sites is 2. The van der Waals surface area contributed by atoms with Crippen LogP contribution in [0.3, 0.4) is 0 Å². The summed E-state index contributed by atoms with van der Waals surface area (Å²) in [6, 6.07) is 28.5. The summed E-state index contributed by atoms with van der Waals surface area (Å²) in [7, 11) is 0. The van der Waals surface area contributed by atoms with Gasteiger partial charge in [-0.15, -0.1) is 0 Å². The molecule has 0 N–H and O–H groups in total. The fourth-order valence-electron chi connectivity index (χ4n) is 4.34. The first-order valence-electron chi connectivity index (χ1n) is 11.3. The van der Waals surface area contributed by atoms with E-state index in [0.29, 0.717) is 10.5 Å². The Morgan fingerprint density at radius 3 is 2.56 bits per heavy atom. The Morgan fingerprint density at radius 1 is 0.861 bits per heavy atom. The van der Waals surface area contributed by atoms with E-state index >= 15 is 0 Å². The van der Waals surface area contributed by atoms with Crippen LogP contribution in [0.4, 0.5) is 16.2 Å². The number of rotatable bonds is 4. The molecule has 0 bridgehead atoms. The molecule has 0 unspecified atom stereocenters. The molecule has 7 rings (SSSR count). The second-order valence-electron chi connectivity index (χ2n) is 8.23. The second kappa shape index (κ2) is 8.53. The van der Waals surface area contributed by atoms with Gasteiger partial charge in [0.2, 0.25) is 0 Å². The van der Waals surface area contributed by atoms with Crippen molar-refractivity contribution in [1.82, 2.24) is 19.4 Å². The molecule has 0 radical (unpaired) electrons. The topological polar surface area (TPSA) is 63.4 Å². The predicted molar refractivity (Wildman–Crippen MR) is 147 cm³/mol. The van der Waals surface area contributed by atoms with Gasteiger partial charge in [-0.05, 0) is 0 Å². The first-order chi connectivity index (χ1) is 17.7. The number of thiazole rings is 1. The zero-order chi connectivity index (χ0) is 24.1. The Hall–Kier alpha value is -4.10. The van der Waals surface area contributed by atoms with Crippen molar-refractivity contribution < 1.29 is 0 Å². The van der Waals surface area contributed by atoms with Crippen LogP contribution in [0.25, 0.3) is 32.8 Å². The summed E-state index contributed by atoms with van der Waals surface area (Å²) in [4.78, 5) is 29.8. The van der Waals surface area contributed by atoms with Gasteiger partial charge in [0.05, 0.1) is 0 Å². The van der Waals surface area contributed by atoms with Crippen LogP contribution in [0.5, 0.6) is 0 Å². The molecule has 4 heterocycles. The molecule has 0 aliphatic carbocycles. The molecule has 0 saturated carbocycles. The fourth-order valence-corrected chi connectivity index (χ4v) is 7.52. The van der Waals surface area contributed by atoms with Crippen molar-refractivity contribution in [2.24, 2.45) is 0 Å². The van der Waals surface area contributed by atoms with Gasteiger partial charge in [-0.25, -0.2) is 0 Å². The van der Waals surface area contributed by atoms with E-state index in [2.05, 4.69) is 62.3 Å². The molecule has 36 heavy (non-hydrogen) atoms. The quantitative estimate of drug-likeness (QED) is 0.291. The number of aromatic nitrogens is 4. The van der Waals surface area contributed by atoms with E-state index in [9.17, 15) is 4.79 Å². The van der Waals surface area contributed by atoms with Crippen LogP contribution < -0.4 is 15.0 Å². The van der Waals surface area contributed by atoms with Crippen LogP contribution >= 0.6 is 11.3 Å². The van der Waals surface area contributed by atoms with E-state index in [-0.39, 0.29) is 20.1 Å². The fraction of sp³-hybridized carbons (Fsp3) is 0. The van der Waals surface area contributed by atoms with Crippen molar-refractivity contribution in [1.29, 1.82) is 0 Å². The van der Waals surface area contributed by atoms with Gasteiger partial charge in [-0.1, -0.05) is 0 Å². The van der Waals surface area contributed by atoms with Crippen LogP contribution in [-0.4, -0.2) is 33.9 Å². The van der Waals surface area contributed by atoms with Gasteiger partial charge in [-0.2, -0.15) is 0 Å². The summed E-state index contributed by atoms with van der Waals surface area (Å²) in [6.07, 6.45) is 5.52. The van der Waals surface area contributed by atoms with E-state index in [0.717, 1.165) is 36.1 Å². The van der Waals surface area contributed by atoms with E-state index in [4.69, 9.17) is 0 Å². The molecule has 6 nitrogen and oxygen atoms in total. The third-order valence-corrected chi connectivity index (χ3v) is 9.10. The summed E-state index contributed by atoms with van der Waals surface area (Å²) in [5.41, 5.74) is 2.68. The van der Waals surface area contributed by atoms with Crippen molar-refractivity contribution >= 4 is 74.9 Å². The molecule has 0 saturated heterocycles. The van der Waals surface area contributed by atoms with Crippen LogP contribution in [0.2, 0.25) is 0 Å². The van der Waals surface area contributed by atoms with Crippen molar-refractivity contribution in [3.05, 3.63) is 117 Å². The maximum atomic E-state index is 13.2. The number of benzene rings is 3. The molecule has 172 valence electrons. The zero-order valence-electron chi connectivity index (χ0n) is 18.8. The van der Waals surface area contributed by atoms with Gasteiger partial charge < -0.3 is 0 Å². The van der Waals surface area contributed by atoms with Gasteiger partial charge in [0.25, 0.3) is 0 Å². The number of anilines is 3. The van der Waals surface area contributed by atoms with E-state index in [1.807, 2.05) is 48.5 Å². The average molecular weight is 551 g/mol. The van der Waals surface area contributed by atoms with Gasteiger partial charge in [-0.3, -0.25) is 0 Å². The Bertz CT molecular complexity index is 1990. The van der Waals surface area contributed by atoms with Crippen LogP contribution in [-0.2, 0) is 0 Å². The minimum atomic E-state index is -0.0363. The van der Waals surface area contributed by atoms with E-state index < -0.39 is 0 Å². The molecule has 8 heteroatoms. The summed E-state index contributed by atoms with van der Waals surface area (Å²) < 4.78 is 4.63. The minimum absolute atomic E-state index is 0.0216. The van der Waals surface area contributed by atoms with Crippen molar-refractivity contribution in [2.45, 2.75) is 0 Å². The predicted octanol–water partition coefficient (Wildman–Crippen LogP) is 4.93. The molecule has 0 aliphatic rings. The second-order valence-corrected chi connectivity index (χ2v) is 11.5. The molecule has 0 spiro atoms. The first-order valence-corrected chi connectivity index (χ1v) is 13.9. The van der Waals surface area contributed by atoms with Crippen molar-refractivity contribution in [3.8, 4) is 0 Å². The molecule has 4 aromatic heterocycles. The molecule has 7 aromatic rings. The number of fused-ring (bicyclic) bond motifs is 4. The Balaban J connectivity index is 1.34. The van der Waals surface area contributed by atoms with Crippen LogP contribution in [0.1, 0.15) is 4.44 Å². The molecular formula is C28H17N5OSSe. The third-order valence-electron chi connectivity index (χ3n) is 5.99. The van der Waals surface area contributed by atoms with Crippen LogP contribution in [0.15, 0.2) is 102 Å². The zero-order valence-corrected chi connectivity index (χ0v) is 21.3. The standard InChI is InChI=1S/C28H17N5OSSe/c34-26-24(35-28-31-22-8-3-4-9-23(22)33(26)28)17-21-12-13-25(36-21)32(27-29-14-5-15-30-27)20-11-10-18-6-1-2-7-19(18)16-20/h1-17H. The Morgan fingerprint density at radius 2 is 1.67 bits per heavy atom. The molecule has 0 atom stereocenters. The van der Waals surface area contributed by atoms with Gasteiger partial charge >= 0.3 is 216 Å². The summed E-state index contributed by atoms with van der Waals surface area (Å²) in [5.74, 6) is 0.626. The van der Waals surface area contributed by atoms with E-state index in [1.165, 1.54) is 16.7 Å². The monoisotopic (exact) mass is 551 g/mol. The van der Waals surface area contributed by atoms with E-state index in [1.54, 1.807) is 16.8 Å². The maximum absolute atomic E-state index is 13.2. The average Bonchev–Trinajstić information content (AvgIpc) is 3.60. The first kappa shape index (κ1) is 21.2. The summed E-state index contributed by atoms with van der Waals surface area (Å²) in [6.45, 7) is 0. The molecular weight excluding hydrogens is 533 g/mol. The Kier molecular flexibility index (Phi) is 5.03. The third kappa shape index (κ3) is 3.55. The van der Waals surface area contributed by atoms with Crippen molar-refractivity contribution in [3.63, 3.8) is 0 Å². The molecule has 3 aromatic carbocycles. The van der Waals surface area contributed by atoms with Crippen LogP contribution in [0, 0.1) is 0 Å². The van der Waals surface area contributed by atoms with Gasteiger partial charge in [0.15, 0.2) is 0 Å². The SMILES string of the molecule is O=c1c(=Cc2ccc(N(c3ccc4ccccc4c3)c3ncccn3)[se]2)sc2nc3ccccc3n12. The summed E-state index contributed by atoms with van der Waals surface area (Å²) in [5, 5.41) is 2.35. The van der Waals surface area contributed by atoms with Gasteiger partial charge in [0.1, 0.15) is 0 Å².